The topological polar surface area (TPSA) is 104 Å². The fraction of sp³-hybridized carbons (Fsp3) is 0.312. The van der Waals surface area contributed by atoms with Crippen LogP contribution in [0.4, 0.5) is 17.6 Å². The minimum atomic E-state index is -4.40. The first-order chi connectivity index (χ1) is 20.7. The molecule has 8 nitrogen and oxygen atoms in total. The van der Waals surface area contributed by atoms with Crippen molar-refractivity contribution < 1.29 is 46.2 Å². The lowest BCUT2D eigenvalue weighted by Crippen LogP contribution is -2.33. The zero-order valence-electron chi connectivity index (χ0n) is 24.7. The molecule has 0 aliphatic carbocycles. The maximum absolute atomic E-state index is 12.7. The zero-order valence-corrected chi connectivity index (χ0v) is 24.7. The molecule has 0 bridgehead atoms. The summed E-state index contributed by atoms with van der Waals surface area (Å²) in [4.78, 5) is 40.0. The summed E-state index contributed by atoms with van der Waals surface area (Å²) in [5.74, 6) is -2.57. The van der Waals surface area contributed by atoms with E-state index in [0.717, 1.165) is 24.6 Å². The first kappa shape index (κ1) is 35.5. The van der Waals surface area contributed by atoms with Gasteiger partial charge in [0.05, 0.1) is 18.8 Å². The summed E-state index contributed by atoms with van der Waals surface area (Å²) in [6.45, 7) is 8.02. The summed E-state index contributed by atoms with van der Waals surface area (Å²) in [5, 5.41) is 2.36. The number of aryl methyl sites for hydroxylation is 1. The van der Waals surface area contributed by atoms with Crippen molar-refractivity contribution >= 4 is 17.8 Å². The number of nitrogens with one attached hydrogen (secondary N) is 1. The predicted molar refractivity (Wildman–Crippen MR) is 155 cm³/mol. The highest BCUT2D eigenvalue weighted by Gasteiger charge is 2.30. The highest BCUT2D eigenvalue weighted by atomic mass is 19.4. The van der Waals surface area contributed by atoms with Gasteiger partial charge >= 0.3 is 18.1 Å². The van der Waals surface area contributed by atoms with E-state index in [0.29, 0.717) is 18.4 Å². The Hall–Kier alpha value is -4.74. The van der Waals surface area contributed by atoms with Crippen molar-refractivity contribution in [3.05, 3.63) is 102 Å². The fourth-order valence-corrected chi connectivity index (χ4v) is 3.90. The number of aromatic nitrogens is 1. The third-order valence-corrected chi connectivity index (χ3v) is 6.03. The second kappa shape index (κ2) is 16.8. The van der Waals surface area contributed by atoms with Crippen LogP contribution in [0, 0.1) is 18.7 Å². The van der Waals surface area contributed by atoms with Crippen LogP contribution >= 0.6 is 0 Å². The molecule has 0 aliphatic rings. The normalized spacial score (nSPS) is 12.1. The Morgan fingerprint density at radius 2 is 1.68 bits per heavy atom. The number of benzene rings is 2. The smallest absolute Gasteiger partial charge is 0.416 e. The minimum absolute atomic E-state index is 0.116. The van der Waals surface area contributed by atoms with E-state index < -0.39 is 42.2 Å². The zero-order chi connectivity index (χ0) is 32.9. The Kier molecular flexibility index (Phi) is 13.5. The van der Waals surface area contributed by atoms with Gasteiger partial charge in [-0.05, 0) is 62.4 Å². The van der Waals surface area contributed by atoms with Gasteiger partial charge in [-0.3, -0.25) is 14.4 Å². The van der Waals surface area contributed by atoms with Crippen molar-refractivity contribution in [1.29, 1.82) is 0 Å². The molecule has 44 heavy (non-hydrogen) atoms. The highest BCUT2D eigenvalue weighted by Crippen LogP contribution is 2.30. The van der Waals surface area contributed by atoms with Crippen LogP contribution in [-0.2, 0) is 26.9 Å². The highest BCUT2D eigenvalue weighted by molar-refractivity contribution is 5.98. The number of alkyl halides is 3. The minimum Gasteiger partial charge on any atom is -0.493 e. The van der Waals surface area contributed by atoms with Crippen LogP contribution in [0.3, 0.4) is 0 Å². The SMILES string of the molecule is C=C[C@H](Cc1ccc(C(F)(F)F)cc1)CC(C)OC(=O)CNC(=O)c1nccc(OC)c1OC(C)=O.Cc1ccc(F)cc1. The van der Waals surface area contributed by atoms with Crippen molar-refractivity contribution in [2.75, 3.05) is 13.7 Å². The lowest BCUT2D eigenvalue weighted by molar-refractivity contribution is -0.147. The van der Waals surface area contributed by atoms with Gasteiger partial charge in [-0.2, -0.15) is 13.2 Å². The number of nitrogens with zero attached hydrogens (tertiary/aromatic N) is 1. The standard InChI is InChI=1S/C25H27F3N2O6.C7H7F/c1-5-17(13-18-6-8-19(9-7-18)25(26,27)28)12-15(2)35-21(32)14-30-24(33)22-23(36-16(3)31)20(34-4)10-11-29-22;1-6-2-4-7(8)5-3-6/h5-11,15,17H,1,12-14H2,2-4H3,(H,30,33);2-5H,1H3/t15?,17-;/m0./s1. The van der Waals surface area contributed by atoms with Gasteiger partial charge in [0.15, 0.2) is 11.4 Å². The van der Waals surface area contributed by atoms with Crippen LogP contribution in [0.2, 0.25) is 0 Å². The van der Waals surface area contributed by atoms with Gasteiger partial charge in [0, 0.05) is 19.2 Å². The number of esters is 2. The van der Waals surface area contributed by atoms with Crippen molar-refractivity contribution in [3.8, 4) is 11.5 Å². The molecule has 2 aromatic carbocycles. The maximum Gasteiger partial charge on any atom is 0.416 e. The van der Waals surface area contributed by atoms with Crippen LogP contribution in [0.25, 0.3) is 0 Å². The summed E-state index contributed by atoms with van der Waals surface area (Å²) in [5.41, 5.74) is 0.808. The molecule has 1 unspecified atom stereocenters. The number of pyridine rings is 1. The molecule has 12 heteroatoms. The van der Waals surface area contributed by atoms with E-state index in [1.165, 1.54) is 43.6 Å². The number of hydrogen-bond acceptors (Lipinski definition) is 7. The maximum atomic E-state index is 12.7. The van der Waals surface area contributed by atoms with Crippen LogP contribution < -0.4 is 14.8 Å². The number of amides is 1. The molecule has 0 radical (unpaired) electrons. The Morgan fingerprint density at radius 1 is 1.05 bits per heavy atom. The molecule has 236 valence electrons. The van der Waals surface area contributed by atoms with E-state index >= 15 is 0 Å². The molecule has 0 saturated carbocycles. The first-order valence-electron chi connectivity index (χ1n) is 13.4. The number of allylic oxidation sites excluding steroid dienone is 1. The van der Waals surface area contributed by atoms with Crippen molar-refractivity contribution in [3.63, 3.8) is 0 Å². The molecule has 3 rings (SSSR count). The monoisotopic (exact) mass is 618 g/mol. The third-order valence-electron chi connectivity index (χ3n) is 6.03. The lowest BCUT2D eigenvalue weighted by atomic mass is 9.93. The quantitative estimate of drug-likeness (QED) is 0.154. The summed E-state index contributed by atoms with van der Waals surface area (Å²) in [6.07, 6.45) is -1.24. The van der Waals surface area contributed by atoms with E-state index in [9.17, 15) is 31.9 Å². The molecular formula is C32H34F4N2O6. The average Bonchev–Trinajstić information content (AvgIpc) is 2.97. The molecule has 1 amide bonds. The van der Waals surface area contributed by atoms with Gasteiger partial charge in [-0.25, -0.2) is 9.37 Å². The third kappa shape index (κ3) is 11.9. The number of rotatable bonds is 11. The number of methoxy groups -OCH3 is 1. The van der Waals surface area contributed by atoms with Gasteiger partial charge in [0.1, 0.15) is 12.4 Å². The summed E-state index contributed by atoms with van der Waals surface area (Å²) >= 11 is 0. The summed E-state index contributed by atoms with van der Waals surface area (Å²) < 4.78 is 65.7. The van der Waals surface area contributed by atoms with Crippen molar-refractivity contribution in [2.24, 2.45) is 5.92 Å². The molecular weight excluding hydrogens is 584 g/mol. The second-order valence-electron chi connectivity index (χ2n) is 9.69. The van der Waals surface area contributed by atoms with E-state index in [1.54, 1.807) is 25.1 Å². The Morgan fingerprint density at radius 3 is 2.20 bits per heavy atom. The second-order valence-corrected chi connectivity index (χ2v) is 9.69. The number of carbonyl (C=O) groups excluding carboxylic acids is 3. The van der Waals surface area contributed by atoms with E-state index in [4.69, 9.17) is 14.2 Å². The van der Waals surface area contributed by atoms with Crippen LogP contribution in [0.15, 0.2) is 73.4 Å². The lowest BCUT2D eigenvalue weighted by Gasteiger charge is -2.19. The molecule has 1 N–H and O–H groups in total. The predicted octanol–water partition coefficient (Wildman–Crippen LogP) is 6.26. The molecule has 0 aliphatic heterocycles. The van der Waals surface area contributed by atoms with Crippen LogP contribution in [-0.4, -0.2) is 42.6 Å². The number of halogens is 4. The number of carbonyl (C=O) groups is 3. The Bertz CT molecular complexity index is 1390. The van der Waals surface area contributed by atoms with Crippen LogP contribution in [0.1, 0.15) is 47.4 Å². The number of hydrogen-bond donors (Lipinski definition) is 1. The number of ether oxygens (including phenoxy) is 3. The van der Waals surface area contributed by atoms with Crippen molar-refractivity contribution in [2.45, 2.75) is 45.9 Å². The molecule has 0 saturated heterocycles. The summed E-state index contributed by atoms with van der Waals surface area (Å²) in [6, 6.07) is 12.7. The molecule has 0 spiro atoms. The molecule has 2 atom stereocenters. The largest absolute Gasteiger partial charge is 0.493 e. The van der Waals surface area contributed by atoms with Gasteiger partial charge < -0.3 is 19.5 Å². The van der Waals surface area contributed by atoms with E-state index in [1.807, 2.05) is 6.92 Å². The van der Waals surface area contributed by atoms with E-state index in [-0.39, 0.29) is 28.9 Å². The average molecular weight is 619 g/mol. The van der Waals surface area contributed by atoms with Gasteiger partial charge in [-0.1, -0.05) is 35.9 Å². The Balaban J connectivity index is 0.000000727. The Labute approximate surface area is 253 Å². The molecule has 1 heterocycles. The first-order valence-corrected chi connectivity index (χ1v) is 13.4. The molecule has 3 aromatic rings. The van der Waals surface area contributed by atoms with E-state index in [2.05, 4.69) is 16.9 Å². The molecule has 1 aromatic heterocycles. The van der Waals surface area contributed by atoms with Crippen molar-refractivity contribution in [1.82, 2.24) is 10.3 Å². The molecule has 0 fully saturated rings. The van der Waals surface area contributed by atoms with Gasteiger partial charge in [0.25, 0.3) is 5.91 Å². The fourth-order valence-electron chi connectivity index (χ4n) is 3.90. The van der Waals surface area contributed by atoms with Crippen LogP contribution in [0.5, 0.6) is 11.5 Å². The van der Waals surface area contributed by atoms with Gasteiger partial charge in [0.2, 0.25) is 5.75 Å². The summed E-state index contributed by atoms with van der Waals surface area (Å²) in [7, 11) is 1.33. The van der Waals surface area contributed by atoms with Gasteiger partial charge in [-0.15, -0.1) is 6.58 Å².